The molecule has 0 bridgehead atoms. The molecule has 6 heteroatoms. The van der Waals surface area contributed by atoms with Gasteiger partial charge in [0, 0.05) is 16.1 Å². The largest absolute Gasteiger partial charge is 0.481 e. The van der Waals surface area contributed by atoms with Crippen LogP contribution < -0.4 is 5.32 Å². The minimum atomic E-state index is -0.850. The van der Waals surface area contributed by atoms with Crippen LogP contribution in [0.15, 0.2) is 22.7 Å². The summed E-state index contributed by atoms with van der Waals surface area (Å²) in [5.74, 6) is -1.63. The lowest BCUT2D eigenvalue weighted by Crippen LogP contribution is -2.40. The van der Waals surface area contributed by atoms with Crippen molar-refractivity contribution in [1.29, 1.82) is 0 Å². The number of carbonyl (C=O) groups excluding carboxylic acids is 1. The Hall–Kier alpha value is -1.07. The van der Waals surface area contributed by atoms with Crippen molar-refractivity contribution in [3.8, 4) is 0 Å². The number of benzene rings is 1. The number of rotatable bonds is 3. The van der Waals surface area contributed by atoms with Gasteiger partial charge in [0.1, 0.15) is 0 Å². The average Bonchev–Trinajstić information content (AvgIpc) is 2.80. The molecule has 19 heavy (non-hydrogen) atoms. The van der Waals surface area contributed by atoms with Crippen LogP contribution in [-0.2, 0) is 4.79 Å². The molecule has 0 saturated heterocycles. The second-order valence-corrected chi connectivity index (χ2v) is 5.85. The maximum absolute atomic E-state index is 12.1. The zero-order valence-electron chi connectivity index (χ0n) is 10.0. The molecule has 2 rings (SSSR count). The van der Waals surface area contributed by atoms with Crippen molar-refractivity contribution in [1.82, 2.24) is 5.32 Å². The van der Waals surface area contributed by atoms with Crippen LogP contribution in [0.5, 0.6) is 0 Å². The van der Waals surface area contributed by atoms with Gasteiger partial charge in [0.25, 0.3) is 5.91 Å². The molecule has 2 atom stereocenters. The van der Waals surface area contributed by atoms with Crippen molar-refractivity contribution in [3.05, 3.63) is 33.3 Å². The molecule has 2 unspecified atom stereocenters. The van der Waals surface area contributed by atoms with Gasteiger partial charge in [0.05, 0.1) is 10.9 Å². The highest BCUT2D eigenvalue weighted by atomic mass is 79.9. The molecule has 1 aliphatic rings. The topological polar surface area (TPSA) is 66.4 Å². The second-order valence-electron chi connectivity index (χ2n) is 4.58. The molecule has 0 heterocycles. The fraction of sp³-hybridized carbons (Fsp3) is 0.385. The molecule has 1 aromatic carbocycles. The summed E-state index contributed by atoms with van der Waals surface area (Å²) < 4.78 is 0.718. The van der Waals surface area contributed by atoms with Crippen LogP contribution in [0.1, 0.15) is 29.6 Å². The van der Waals surface area contributed by atoms with Crippen LogP contribution in [0.3, 0.4) is 0 Å². The van der Waals surface area contributed by atoms with Gasteiger partial charge in [-0.2, -0.15) is 0 Å². The van der Waals surface area contributed by atoms with Gasteiger partial charge in [0.15, 0.2) is 0 Å². The average molecular weight is 347 g/mol. The molecule has 0 aromatic heterocycles. The smallest absolute Gasteiger partial charge is 0.308 e. The first-order chi connectivity index (χ1) is 8.99. The Morgan fingerprint density at radius 3 is 2.74 bits per heavy atom. The maximum atomic E-state index is 12.1. The number of halogens is 2. The lowest BCUT2D eigenvalue weighted by molar-refractivity contribution is -0.142. The summed E-state index contributed by atoms with van der Waals surface area (Å²) in [5, 5.41) is 12.3. The van der Waals surface area contributed by atoms with Crippen molar-refractivity contribution < 1.29 is 14.7 Å². The van der Waals surface area contributed by atoms with Crippen molar-refractivity contribution in [3.63, 3.8) is 0 Å². The lowest BCUT2D eigenvalue weighted by Gasteiger charge is -2.17. The van der Waals surface area contributed by atoms with E-state index in [0.29, 0.717) is 23.4 Å². The Kier molecular flexibility index (Phi) is 4.47. The van der Waals surface area contributed by atoms with E-state index < -0.39 is 11.9 Å². The molecule has 1 aromatic rings. The van der Waals surface area contributed by atoms with Crippen molar-refractivity contribution >= 4 is 39.4 Å². The molecule has 4 nitrogen and oxygen atoms in total. The van der Waals surface area contributed by atoms with Crippen molar-refractivity contribution in [2.75, 3.05) is 0 Å². The minimum absolute atomic E-state index is 0.285. The number of carbonyl (C=O) groups is 2. The van der Waals surface area contributed by atoms with Crippen LogP contribution in [0.2, 0.25) is 5.02 Å². The van der Waals surface area contributed by atoms with Crippen LogP contribution in [0, 0.1) is 5.92 Å². The molecule has 0 radical (unpaired) electrons. The number of carboxylic acid groups (broad SMARTS) is 1. The number of amides is 1. The quantitative estimate of drug-likeness (QED) is 0.884. The first-order valence-electron chi connectivity index (χ1n) is 5.98. The van der Waals surface area contributed by atoms with E-state index in [9.17, 15) is 9.59 Å². The predicted octanol–water partition coefficient (Wildman–Crippen LogP) is 3.09. The van der Waals surface area contributed by atoms with E-state index in [1.165, 1.54) is 0 Å². The van der Waals surface area contributed by atoms with Gasteiger partial charge in [-0.1, -0.05) is 18.0 Å². The molecule has 0 aliphatic heterocycles. The fourth-order valence-corrected chi connectivity index (χ4v) is 2.74. The van der Waals surface area contributed by atoms with Gasteiger partial charge in [-0.3, -0.25) is 9.59 Å². The number of aliphatic carboxylic acids is 1. The number of hydrogen-bond donors (Lipinski definition) is 2. The summed E-state index contributed by atoms with van der Waals surface area (Å²) in [7, 11) is 0. The Bertz CT molecular complexity index is 521. The molecular formula is C13H13BrClNO3. The first-order valence-corrected chi connectivity index (χ1v) is 7.15. The van der Waals surface area contributed by atoms with Gasteiger partial charge in [-0.05, 0) is 47.0 Å². The number of nitrogens with one attached hydrogen (secondary N) is 1. The van der Waals surface area contributed by atoms with Gasteiger partial charge >= 0.3 is 5.97 Å². The summed E-state index contributed by atoms with van der Waals surface area (Å²) in [4.78, 5) is 23.1. The molecule has 1 aliphatic carbocycles. The van der Waals surface area contributed by atoms with Crippen LogP contribution in [-0.4, -0.2) is 23.0 Å². The zero-order chi connectivity index (χ0) is 14.0. The minimum Gasteiger partial charge on any atom is -0.481 e. The van der Waals surface area contributed by atoms with Crippen LogP contribution in [0.25, 0.3) is 0 Å². The molecule has 1 saturated carbocycles. The van der Waals surface area contributed by atoms with Crippen molar-refractivity contribution in [2.24, 2.45) is 5.92 Å². The predicted molar refractivity (Wildman–Crippen MR) is 75.4 cm³/mol. The van der Waals surface area contributed by atoms with Crippen LogP contribution >= 0.6 is 27.5 Å². The Morgan fingerprint density at radius 2 is 2.11 bits per heavy atom. The summed E-state index contributed by atoms with van der Waals surface area (Å²) >= 11 is 9.19. The van der Waals surface area contributed by atoms with Gasteiger partial charge < -0.3 is 10.4 Å². The maximum Gasteiger partial charge on any atom is 0.308 e. The molecule has 102 valence electrons. The zero-order valence-corrected chi connectivity index (χ0v) is 12.4. The van der Waals surface area contributed by atoms with Gasteiger partial charge in [-0.25, -0.2) is 0 Å². The van der Waals surface area contributed by atoms with E-state index in [1.54, 1.807) is 18.2 Å². The summed E-state index contributed by atoms with van der Waals surface area (Å²) in [6.45, 7) is 0. The van der Waals surface area contributed by atoms with Crippen molar-refractivity contribution in [2.45, 2.75) is 25.3 Å². The molecular weight excluding hydrogens is 334 g/mol. The summed E-state index contributed by atoms with van der Waals surface area (Å²) in [5.41, 5.74) is 0.434. The fourth-order valence-electron chi connectivity index (χ4n) is 2.32. The third-order valence-corrected chi connectivity index (χ3v) is 4.56. The van der Waals surface area contributed by atoms with E-state index in [4.69, 9.17) is 16.7 Å². The van der Waals surface area contributed by atoms with Gasteiger partial charge in [-0.15, -0.1) is 0 Å². The Morgan fingerprint density at radius 1 is 1.37 bits per heavy atom. The molecule has 1 fully saturated rings. The van der Waals surface area contributed by atoms with E-state index in [0.717, 1.165) is 10.9 Å². The highest BCUT2D eigenvalue weighted by molar-refractivity contribution is 9.10. The normalized spacial score (nSPS) is 22.2. The highest BCUT2D eigenvalue weighted by Gasteiger charge is 2.33. The van der Waals surface area contributed by atoms with E-state index >= 15 is 0 Å². The Labute approximate surface area is 124 Å². The van der Waals surface area contributed by atoms with Gasteiger partial charge in [0.2, 0.25) is 0 Å². The standard InChI is InChI=1S/C13H13BrClNO3/c14-9-5-4-7(6-10(9)15)12(17)16-11-3-1-2-8(11)13(18)19/h4-6,8,11H,1-3H2,(H,16,17)(H,18,19). The molecule has 2 N–H and O–H groups in total. The Balaban J connectivity index is 2.08. The molecule has 0 spiro atoms. The third-order valence-electron chi connectivity index (χ3n) is 3.33. The number of carboxylic acids is 1. The SMILES string of the molecule is O=C(NC1CCCC1C(=O)O)c1ccc(Br)c(Cl)c1. The third kappa shape index (κ3) is 3.28. The van der Waals surface area contributed by atoms with Crippen LogP contribution in [0.4, 0.5) is 0 Å². The second kappa shape index (κ2) is 5.92. The first kappa shape index (κ1) is 14.3. The number of hydrogen-bond acceptors (Lipinski definition) is 2. The lowest BCUT2D eigenvalue weighted by atomic mass is 10.0. The monoisotopic (exact) mass is 345 g/mol. The van der Waals surface area contributed by atoms with E-state index in [-0.39, 0.29) is 11.9 Å². The molecule has 1 amide bonds. The summed E-state index contributed by atoms with van der Waals surface area (Å²) in [6, 6.07) is 4.61. The highest BCUT2D eigenvalue weighted by Crippen LogP contribution is 2.27. The van der Waals surface area contributed by atoms with E-state index in [2.05, 4.69) is 21.2 Å². The summed E-state index contributed by atoms with van der Waals surface area (Å²) in [6.07, 6.45) is 2.14. The van der Waals surface area contributed by atoms with E-state index in [1.807, 2.05) is 0 Å².